The van der Waals surface area contributed by atoms with Gasteiger partial charge in [0.05, 0.1) is 26.7 Å². The fraction of sp³-hybridized carbons (Fsp3) is 0.333. The fourth-order valence-corrected chi connectivity index (χ4v) is 7.22. The molecule has 2 unspecified atom stereocenters. The van der Waals surface area contributed by atoms with Crippen LogP contribution in [0.3, 0.4) is 0 Å². The van der Waals surface area contributed by atoms with Gasteiger partial charge in [-0.2, -0.15) is 0 Å². The number of hydrogen-bond donors (Lipinski definition) is 1. The maximum atomic E-state index is 13.4. The number of H-pyrrole nitrogens is 1. The molecule has 0 saturated carbocycles. The standard InChI is InChI=1S/C33H30INO9/c1-38-26-10-18(11-27(39-2)32(26)44-34)29-20-12-24-25(42-16-41-24)13-21(20)31(22-15-40-33(37)30(22)29)43-28(36)9-5-6-17-14-35-23-8-4-3-7-19(17)23/h3-4,7-8,10-14,22,29-31,35H,5-6,9,15-16H2,1-2H3/t22?,29-,30+,31?/m1/s1. The topological polar surface area (TPSA) is 115 Å². The second kappa shape index (κ2) is 11.8. The summed E-state index contributed by atoms with van der Waals surface area (Å²) in [5.41, 5.74) is 4.55. The quantitative estimate of drug-likeness (QED) is 0.161. The van der Waals surface area contributed by atoms with Gasteiger partial charge in [0.2, 0.25) is 12.5 Å². The van der Waals surface area contributed by atoms with Gasteiger partial charge in [-0.15, -0.1) is 0 Å². The van der Waals surface area contributed by atoms with Crippen LogP contribution in [0.2, 0.25) is 0 Å². The van der Waals surface area contributed by atoms with Gasteiger partial charge in [0, 0.05) is 40.9 Å². The molecule has 3 heterocycles. The number of esters is 2. The van der Waals surface area contributed by atoms with Gasteiger partial charge in [-0.05, 0) is 59.9 Å². The number of nitrogens with one attached hydrogen (secondary N) is 1. The Morgan fingerprint density at radius 2 is 1.73 bits per heavy atom. The van der Waals surface area contributed by atoms with E-state index in [2.05, 4.69) is 11.1 Å². The second-order valence-electron chi connectivity index (χ2n) is 11.1. The van der Waals surface area contributed by atoms with E-state index in [1.807, 2.05) is 48.7 Å². The normalized spacial score (nSPS) is 21.4. The number of halogens is 1. The largest absolute Gasteiger partial charge is 0.493 e. The van der Waals surface area contributed by atoms with Crippen molar-refractivity contribution in [2.24, 2.45) is 11.8 Å². The van der Waals surface area contributed by atoms with Crippen molar-refractivity contribution in [3.8, 4) is 28.7 Å². The number of aromatic amines is 1. The molecule has 44 heavy (non-hydrogen) atoms. The van der Waals surface area contributed by atoms with Crippen molar-refractivity contribution in [3.63, 3.8) is 0 Å². The van der Waals surface area contributed by atoms with Gasteiger partial charge in [-0.25, -0.2) is 0 Å². The first-order chi connectivity index (χ1) is 21.5. The van der Waals surface area contributed by atoms with E-state index in [4.69, 9.17) is 31.5 Å². The summed E-state index contributed by atoms with van der Waals surface area (Å²) < 4.78 is 40.1. The molecule has 0 spiro atoms. The van der Waals surface area contributed by atoms with Crippen molar-refractivity contribution in [1.29, 1.82) is 0 Å². The predicted octanol–water partition coefficient (Wildman–Crippen LogP) is 6.18. The lowest BCUT2D eigenvalue weighted by atomic mass is 9.66. The summed E-state index contributed by atoms with van der Waals surface area (Å²) in [5, 5.41) is 1.15. The Kier molecular flexibility index (Phi) is 7.65. The summed E-state index contributed by atoms with van der Waals surface area (Å²) >= 11 is 1.78. The number of aryl methyl sites for hydroxylation is 1. The van der Waals surface area contributed by atoms with Crippen LogP contribution in [0.25, 0.3) is 10.9 Å². The van der Waals surface area contributed by atoms with Crippen molar-refractivity contribution in [2.45, 2.75) is 31.3 Å². The molecule has 1 N–H and O–H groups in total. The summed E-state index contributed by atoms with van der Waals surface area (Å²) in [5.74, 6) is 0.323. The van der Waals surface area contributed by atoms with Crippen LogP contribution in [0.1, 0.15) is 47.1 Å². The molecule has 0 bridgehead atoms. The minimum Gasteiger partial charge on any atom is -0.493 e. The van der Waals surface area contributed by atoms with Gasteiger partial charge < -0.3 is 36.5 Å². The highest BCUT2D eigenvalue weighted by molar-refractivity contribution is 14.1. The molecule has 7 rings (SSSR count). The Labute approximate surface area is 267 Å². The number of rotatable bonds is 9. The summed E-state index contributed by atoms with van der Waals surface area (Å²) in [6, 6.07) is 15.5. The number of carbonyl (C=O) groups is 2. The number of carbonyl (C=O) groups excluding carboxylic acids is 2. The van der Waals surface area contributed by atoms with E-state index < -0.39 is 23.9 Å². The molecule has 1 aliphatic carbocycles. The summed E-state index contributed by atoms with van der Waals surface area (Å²) in [7, 11) is 3.09. The van der Waals surface area contributed by atoms with Crippen LogP contribution in [-0.2, 0) is 25.5 Å². The van der Waals surface area contributed by atoms with Gasteiger partial charge in [-0.1, -0.05) is 18.2 Å². The van der Waals surface area contributed by atoms with Crippen molar-refractivity contribution >= 4 is 45.8 Å². The highest BCUT2D eigenvalue weighted by atomic mass is 127. The smallest absolute Gasteiger partial charge is 0.310 e. The lowest BCUT2D eigenvalue weighted by molar-refractivity contribution is -0.154. The highest BCUT2D eigenvalue weighted by Crippen LogP contribution is 2.56. The molecule has 1 fully saturated rings. The zero-order valence-corrected chi connectivity index (χ0v) is 26.3. The first kappa shape index (κ1) is 28.6. The average Bonchev–Trinajstić information content (AvgIpc) is 3.78. The molecule has 11 heteroatoms. The Morgan fingerprint density at radius 1 is 1.00 bits per heavy atom. The SMILES string of the molecule is COc1cc([C@@H]2c3cc4c(cc3C(OC(=O)CCCc3c[nH]c5ccccc35)C3COC(=O)[C@@H]32)OCO4)cc(OC)c1OI. The van der Waals surface area contributed by atoms with Gasteiger partial charge in [0.25, 0.3) is 0 Å². The number of para-hydroxylation sites is 1. The molecule has 1 aromatic heterocycles. The number of cyclic esters (lactones) is 1. The van der Waals surface area contributed by atoms with Crippen LogP contribution in [0.5, 0.6) is 28.7 Å². The van der Waals surface area contributed by atoms with Crippen molar-refractivity contribution < 1.29 is 41.1 Å². The van der Waals surface area contributed by atoms with E-state index in [9.17, 15) is 9.59 Å². The molecule has 1 saturated heterocycles. The van der Waals surface area contributed by atoms with Crippen LogP contribution in [0.15, 0.2) is 54.7 Å². The Bertz CT molecular complexity index is 1730. The fourth-order valence-electron chi connectivity index (χ4n) is 6.78. The molecule has 0 amide bonds. The zero-order valence-electron chi connectivity index (χ0n) is 24.1. The van der Waals surface area contributed by atoms with Crippen molar-refractivity contribution in [3.05, 3.63) is 77.0 Å². The van der Waals surface area contributed by atoms with E-state index in [0.29, 0.717) is 35.2 Å². The third-order valence-corrected chi connectivity index (χ3v) is 9.24. The highest BCUT2D eigenvalue weighted by Gasteiger charge is 2.54. The van der Waals surface area contributed by atoms with Crippen molar-refractivity contribution in [2.75, 3.05) is 27.6 Å². The van der Waals surface area contributed by atoms with E-state index in [-0.39, 0.29) is 31.8 Å². The first-order valence-electron chi connectivity index (χ1n) is 14.4. The zero-order chi connectivity index (χ0) is 30.4. The molecule has 3 aromatic carbocycles. The monoisotopic (exact) mass is 711 g/mol. The second-order valence-corrected chi connectivity index (χ2v) is 11.5. The third-order valence-electron chi connectivity index (χ3n) is 8.80. The van der Waals surface area contributed by atoms with Crippen LogP contribution < -0.4 is 22.0 Å². The van der Waals surface area contributed by atoms with Crippen LogP contribution in [-0.4, -0.2) is 44.5 Å². The number of aromatic nitrogens is 1. The van der Waals surface area contributed by atoms with E-state index >= 15 is 0 Å². The Morgan fingerprint density at radius 3 is 2.45 bits per heavy atom. The minimum absolute atomic E-state index is 0.0828. The lowest BCUT2D eigenvalue weighted by Crippen LogP contribution is -2.36. The molecule has 2 aliphatic heterocycles. The van der Waals surface area contributed by atoms with E-state index in [1.54, 1.807) is 37.2 Å². The molecular formula is C33H30INO9. The van der Waals surface area contributed by atoms with Gasteiger partial charge in [-0.3, -0.25) is 9.59 Å². The molecule has 4 atom stereocenters. The number of benzene rings is 3. The molecule has 228 valence electrons. The maximum Gasteiger partial charge on any atom is 0.310 e. The van der Waals surface area contributed by atoms with Gasteiger partial charge >= 0.3 is 11.9 Å². The Balaban J connectivity index is 1.22. The lowest BCUT2D eigenvalue weighted by Gasteiger charge is -2.38. The predicted molar refractivity (Wildman–Crippen MR) is 167 cm³/mol. The summed E-state index contributed by atoms with van der Waals surface area (Å²) in [6.07, 6.45) is 2.88. The molecule has 0 radical (unpaired) electrons. The minimum atomic E-state index is -0.700. The van der Waals surface area contributed by atoms with Crippen LogP contribution >= 0.6 is 23.0 Å². The van der Waals surface area contributed by atoms with Gasteiger partial charge in [0.15, 0.2) is 46.0 Å². The van der Waals surface area contributed by atoms with Crippen LogP contribution in [0, 0.1) is 11.8 Å². The molecular weight excluding hydrogens is 681 g/mol. The summed E-state index contributed by atoms with van der Waals surface area (Å²) in [6.45, 7) is 0.212. The number of hydrogen-bond acceptors (Lipinski definition) is 9. The molecule has 3 aliphatic rings. The molecule has 4 aromatic rings. The average molecular weight is 712 g/mol. The van der Waals surface area contributed by atoms with Gasteiger partial charge in [0.1, 0.15) is 6.10 Å². The third kappa shape index (κ3) is 4.86. The van der Waals surface area contributed by atoms with E-state index in [0.717, 1.165) is 39.6 Å². The number of fused-ring (bicyclic) bond motifs is 4. The number of methoxy groups -OCH3 is 2. The summed E-state index contributed by atoms with van der Waals surface area (Å²) in [4.78, 5) is 30.0. The van der Waals surface area contributed by atoms with E-state index in [1.165, 1.54) is 0 Å². The molecule has 10 nitrogen and oxygen atoms in total. The maximum absolute atomic E-state index is 13.4. The van der Waals surface area contributed by atoms with Crippen molar-refractivity contribution in [1.82, 2.24) is 4.98 Å². The first-order valence-corrected chi connectivity index (χ1v) is 15.3. The van der Waals surface area contributed by atoms with Crippen LogP contribution in [0.4, 0.5) is 0 Å². The Hall–Kier alpha value is -4.13. The number of ether oxygens (including phenoxy) is 6.